The topological polar surface area (TPSA) is 38.3 Å². The van der Waals surface area contributed by atoms with Crippen LogP contribution in [0, 0.1) is 0 Å². The first kappa shape index (κ1) is 15.3. The van der Waals surface area contributed by atoms with Crippen LogP contribution in [0.5, 0.6) is 5.75 Å². The van der Waals surface area contributed by atoms with E-state index in [4.69, 9.17) is 4.74 Å². The number of benzene rings is 2. The number of rotatable bonds is 6. The van der Waals surface area contributed by atoms with E-state index in [1.807, 2.05) is 36.4 Å². The number of carbonyl (C=O) groups excluding carboxylic acids is 1. The first-order valence-corrected chi connectivity index (χ1v) is 7.34. The fourth-order valence-corrected chi connectivity index (χ4v) is 2.17. The van der Waals surface area contributed by atoms with Crippen LogP contribution in [0.1, 0.15) is 15.9 Å². The van der Waals surface area contributed by atoms with Gasteiger partial charge in [-0.15, -0.1) is 0 Å². The second-order valence-electron chi connectivity index (χ2n) is 4.40. The molecule has 2 aromatic rings. The number of nitrogens with one attached hydrogen (secondary N) is 1. The molecule has 0 saturated heterocycles. The summed E-state index contributed by atoms with van der Waals surface area (Å²) >= 11 is 3.38. The van der Waals surface area contributed by atoms with Crippen LogP contribution in [0.2, 0.25) is 0 Å². The molecule has 21 heavy (non-hydrogen) atoms. The number of halogens is 1. The Hall–Kier alpha value is -2.07. The molecule has 0 atom stereocenters. The summed E-state index contributed by atoms with van der Waals surface area (Å²) in [7, 11) is 1.75. The smallest absolute Gasteiger partial charge is 0.191 e. The summed E-state index contributed by atoms with van der Waals surface area (Å²) in [6.45, 7) is 0.429. The highest BCUT2D eigenvalue weighted by molar-refractivity contribution is 9.10. The second-order valence-corrected chi connectivity index (χ2v) is 5.32. The molecule has 2 rings (SSSR count). The highest BCUT2D eigenvalue weighted by Gasteiger charge is 2.11. The van der Waals surface area contributed by atoms with Gasteiger partial charge in [0.2, 0.25) is 0 Å². The Morgan fingerprint density at radius 3 is 2.71 bits per heavy atom. The standard InChI is InChI=1S/C17H16BrNO2/c1-19-10-9-16(20)15-11-14(18)7-8-17(15)21-12-13-5-3-2-4-6-13/h2-11,19H,12H2,1H3/b10-9+. The third-order valence-corrected chi connectivity index (χ3v) is 3.34. The molecule has 0 unspecified atom stereocenters. The number of ketones is 1. The second kappa shape index (κ2) is 7.64. The fraction of sp³-hybridized carbons (Fsp3) is 0.118. The van der Waals surface area contributed by atoms with E-state index in [0.29, 0.717) is 17.9 Å². The van der Waals surface area contributed by atoms with Crippen molar-refractivity contribution in [1.29, 1.82) is 0 Å². The van der Waals surface area contributed by atoms with E-state index in [1.165, 1.54) is 6.08 Å². The summed E-state index contributed by atoms with van der Waals surface area (Å²) in [4.78, 5) is 12.2. The monoisotopic (exact) mass is 345 g/mol. The van der Waals surface area contributed by atoms with Crippen LogP contribution in [0.25, 0.3) is 0 Å². The summed E-state index contributed by atoms with van der Waals surface area (Å²) in [5, 5.41) is 2.81. The van der Waals surface area contributed by atoms with Gasteiger partial charge < -0.3 is 10.1 Å². The molecule has 0 saturated carbocycles. The number of allylic oxidation sites excluding steroid dienone is 1. The lowest BCUT2D eigenvalue weighted by molar-refractivity contribution is 0.104. The van der Waals surface area contributed by atoms with E-state index >= 15 is 0 Å². The lowest BCUT2D eigenvalue weighted by Gasteiger charge is -2.10. The van der Waals surface area contributed by atoms with Crippen molar-refractivity contribution in [2.24, 2.45) is 0 Å². The summed E-state index contributed by atoms with van der Waals surface area (Å²) in [6, 6.07) is 15.3. The minimum Gasteiger partial charge on any atom is -0.488 e. The van der Waals surface area contributed by atoms with Crippen molar-refractivity contribution in [1.82, 2.24) is 5.32 Å². The molecular formula is C17H16BrNO2. The Morgan fingerprint density at radius 2 is 2.00 bits per heavy atom. The van der Waals surface area contributed by atoms with Gasteiger partial charge in [0.05, 0.1) is 5.56 Å². The van der Waals surface area contributed by atoms with Gasteiger partial charge in [-0.25, -0.2) is 0 Å². The van der Waals surface area contributed by atoms with Crippen LogP contribution in [0.3, 0.4) is 0 Å². The quantitative estimate of drug-likeness (QED) is 0.636. The van der Waals surface area contributed by atoms with Crippen molar-refractivity contribution >= 4 is 21.7 Å². The van der Waals surface area contributed by atoms with Crippen LogP contribution < -0.4 is 10.1 Å². The Kier molecular flexibility index (Phi) is 5.58. The molecule has 0 aliphatic heterocycles. The molecule has 108 valence electrons. The SMILES string of the molecule is CN/C=C/C(=O)c1cc(Br)ccc1OCc1ccccc1. The maximum absolute atomic E-state index is 12.2. The van der Waals surface area contributed by atoms with Gasteiger partial charge in [0.15, 0.2) is 5.78 Å². The van der Waals surface area contributed by atoms with Gasteiger partial charge in [-0.05, 0) is 23.8 Å². The van der Waals surface area contributed by atoms with E-state index in [2.05, 4.69) is 21.2 Å². The molecule has 0 aliphatic carbocycles. The zero-order chi connectivity index (χ0) is 15.1. The van der Waals surface area contributed by atoms with Gasteiger partial charge in [0, 0.05) is 23.8 Å². The molecule has 0 fully saturated rings. The maximum atomic E-state index is 12.2. The van der Waals surface area contributed by atoms with Gasteiger partial charge in [-0.1, -0.05) is 46.3 Å². The average Bonchev–Trinajstić information content (AvgIpc) is 2.52. The van der Waals surface area contributed by atoms with Gasteiger partial charge in [0.1, 0.15) is 12.4 Å². The third-order valence-electron chi connectivity index (χ3n) is 2.85. The number of hydrogen-bond donors (Lipinski definition) is 1. The van der Waals surface area contributed by atoms with Crippen LogP contribution in [0.15, 0.2) is 65.3 Å². The molecule has 3 nitrogen and oxygen atoms in total. The molecule has 0 aromatic heterocycles. The van der Waals surface area contributed by atoms with E-state index in [0.717, 1.165) is 10.0 Å². The highest BCUT2D eigenvalue weighted by Crippen LogP contribution is 2.25. The molecule has 0 aliphatic rings. The molecule has 4 heteroatoms. The van der Waals surface area contributed by atoms with Crippen LogP contribution >= 0.6 is 15.9 Å². The first-order valence-electron chi connectivity index (χ1n) is 6.55. The van der Waals surface area contributed by atoms with Gasteiger partial charge in [-0.2, -0.15) is 0 Å². The van der Waals surface area contributed by atoms with Gasteiger partial charge in [-0.3, -0.25) is 4.79 Å². The van der Waals surface area contributed by atoms with Crippen LogP contribution in [-0.4, -0.2) is 12.8 Å². The fourth-order valence-electron chi connectivity index (χ4n) is 1.80. The zero-order valence-electron chi connectivity index (χ0n) is 11.7. The summed E-state index contributed by atoms with van der Waals surface area (Å²) in [5.41, 5.74) is 1.59. The molecular weight excluding hydrogens is 330 g/mol. The van der Waals surface area contributed by atoms with E-state index in [-0.39, 0.29) is 5.78 Å². The number of carbonyl (C=O) groups is 1. The molecule has 0 bridgehead atoms. The molecule has 2 aromatic carbocycles. The van der Waals surface area contributed by atoms with Crippen molar-refractivity contribution in [3.63, 3.8) is 0 Å². The predicted octanol–water partition coefficient (Wildman–Crippen LogP) is 3.94. The van der Waals surface area contributed by atoms with Gasteiger partial charge in [0.25, 0.3) is 0 Å². The number of ether oxygens (including phenoxy) is 1. The van der Waals surface area contributed by atoms with E-state index in [1.54, 1.807) is 25.4 Å². The predicted molar refractivity (Wildman–Crippen MR) is 87.4 cm³/mol. The minimum absolute atomic E-state index is 0.103. The molecule has 0 heterocycles. The maximum Gasteiger partial charge on any atom is 0.191 e. The van der Waals surface area contributed by atoms with Crippen molar-refractivity contribution in [2.45, 2.75) is 6.61 Å². The third kappa shape index (κ3) is 4.46. The molecule has 0 radical (unpaired) electrons. The van der Waals surface area contributed by atoms with Gasteiger partial charge >= 0.3 is 0 Å². The molecule has 1 N–H and O–H groups in total. The highest BCUT2D eigenvalue weighted by atomic mass is 79.9. The van der Waals surface area contributed by atoms with Crippen molar-refractivity contribution < 1.29 is 9.53 Å². The summed E-state index contributed by atoms with van der Waals surface area (Å²) in [6.07, 6.45) is 3.08. The summed E-state index contributed by atoms with van der Waals surface area (Å²) < 4.78 is 6.63. The Balaban J connectivity index is 2.19. The largest absolute Gasteiger partial charge is 0.488 e. The Labute approximate surface area is 132 Å². The van der Waals surface area contributed by atoms with Crippen LogP contribution in [-0.2, 0) is 6.61 Å². The molecule has 0 spiro atoms. The average molecular weight is 346 g/mol. The Bertz CT molecular complexity index is 638. The minimum atomic E-state index is -0.103. The van der Waals surface area contributed by atoms with Crippen molar-refractivity contribution in [3.8, 4) is 5.75 Å². The van der Waals surface area contributed by atoms with E-state index in [9.17, 15) is 4.79 Å². The lowest BCUT2D eigenvalue weighted by atomic mass is 10.1. The number of hydrogen-bond acceptors (Lipinski definition) is 3. The first-order chi connectivity index (χ1) is 10.2. The van der Waals surface area contributed by atoms with Crippen molar-refractivity contribution in [3.05, 3.63) is 76.4 Å². The normalized spacial score (nSPS) is 10.6. The summed E-state index contributed by atoms with van der Waals surface area (Å²) in [5.74, 6) is 0.474. The van der Waals surface area contributed by atoms with E-state index < -0.39 is 0 Å². The zero-order valence-corrected chi connectivity index (χ0v) is 13.3. The lowest BCUT2D eigenvalue weighted by Crippen LogP contribution is -2.04. The van der Waals surface area contributed by atoms with Crippen molar-refractivity contribution in [2.75, 3.05) is 7.05 Å². The molecule has 0 amide bonds. The Morgan fingerprint density at radius 1 is 1.24 bits per heavy atom. The van der Waals surface area contributed by atoms with Crippen LogP contribution in [0.4, 0.5) is 0 Å².